The number of carbonyl (C=O) groups excluding carboxylic acids is 2. The second-order valence-corrected chi connectivity index (χ2v) is 10.8. The quantitative estimate of drug-likeness (QED) is 0.289. The lowest BCUT2D eigenvalue weighted by Gasteiger charge is -2.20. The Balaban J connectivity index is 1.28. The molecule has 0 unspecified atom stereocenters. The number of ether oxygens (including phenoxy) is 1. The van der Waals surface area contributed by atoms with Crippen LogP contribution in [-0.2, 0) is 6.54 Å². The van der Waals surface area contributed by atoms with Crippen LogP contribution in [0.15, 0.2) is 65.7 Å². The maximum atomic E-state index is 15.1. The lowest BCUT2D eigenvalue weighted by molar-refractivity contribution is 0.102. The zero-order chi connectivity index (χ0) is 31.4. The van der Waals surface area contributed by atoms with Crippen LogP contribution in [0.2, 0.25) is 0 Å². The number of urea groups is 1. The number of nitrogens with one attached hydrogen (secondary N) is 2. The fourth-order valence-corrected chi connectivity index (χ4v) is 5.18. The third-order valence-electron chi connectivity index (χ3n) is 7.52. The molecule has 3 heterocycles. The third-order valence-corrected chi connectivity index (χ3v) is 7.52. The summed E-state index contributed by atoms with van der Waals surface area (Å²) >= 11 is 0. The minimum Gasteiger partial charge on any atom is -0.436 e. The van der Waals surface area contributed by atoms with Gasteiger partial charge in [0.1, 0.15) is 17.7 Å². The molecule has 0 aliphatic carbocycles. The molecule has 2 aromatic heterocycles. The summed E-state index contributed by atoms with van der Waals surface area (Å²) in [5.41, 5.74) is 0.804. The van der Waals surface area contributed by atoms with Crippen molar-refractivity contribution < 1.29 is 18.7 Å². The van der Waals surface area contributed by atoms with Crippen molar-refractivity contribution >= 4 is 23.4 Å². The molecule has 0 spiro atoms. The fraction of sp³-hybridized carbons (Fsp3) is 0.323. The Morgan fingerprint density at radius 2 is 1.86 bits per heavy atom. The van der Waals surface area contributed by atoms with Crippen LogP contribution >= 0.6 is 0 Å². The van der Waals surface area contributed by atoms with Gasteiger partial charge >= 0.3 is 6.03 Å². The highest BCUT2D eigenvalue weighted by Crippen LogP contribution is 2.27. The molecular weight excluding hydrogens is 567 g/mol. The first-order valence-corrected chi connectivity index (χ1v) is 14.4. The Labute approximate surface area is 254 Å². The van der Waals surface area contributed by atoms with E-state index in [1.807, 2.05) is 39.2 Å². The number of anilines is 2. The largest absolute Gasteiger partial charge is 0.436 e. The van der Waals surface area contributed by atoms with Gasteiger partial charge < -0.3 is 19.9 Å². The van der Waals surface area contributed by atoms with Gasteiger partial charge in [-0.3, -0.25) is 19.6 Å². The van der Waals surface area contributed by atoms with E-state index in [0.29, 0.717) is 37.1 Å². The minimum atomic E-state index is -0.763. The topological polar surface area (TPSA) is 127 Å². The van der Waals surface area contributed by atoms with Gasteiger partial charge in [-0.1, -0.05) is 25.1 Å². The number of rotatable bonds is 9. The number of aromatic nitrogens is 4. The zero-order valence-corrected chi connectivity index (χ0v) is 25.1. The molecule has 1 aliphatic rings. The van der Waals surface area contributed by atoms with Gasteiger partial charge in [-0.05, 0) is 58.1 Å². The van der Waals surface area contributed by atoms with Crippen molar-refractivity contribution in [3.8, 4) is 17.3 Å². The van der Waals surface area contributed by atoms with Gasteiger partial charge in [0.25, 0.3) is 11.5 Å². The number of nitrogens with zero attached hydrogens (tertiary/aromatic N) is 6. The first-order valence-electron chi connectivity index (χ1n) is 14.4. The molecule has 4 aromatic rings. The summed E-state index contributed by atoms with van der Waals surface area (Å²) in [5, 5.41) is 5.36. The maximum Gasteiger partial charge on any atom is 0.323 e. The average molecular weight is 603 g/mol. The number of para-hydroxylation sites is 1. The molecule has 13 heteroatoms. The zero-order valence-electron chi connectivity index (χ0n) is 25.1. The fourth-order valence-electron chi connectivity index (χ4n) is 5.18. The molecule has 2 aromatic carbocycles. The van der Waals surface area contributed by atoms with E-state index < -0.39 is 17.3 Å². The first kappa shape index (κ1) is 30.4. The number of hydrogen-bond donors (Lipinski definition) is 2. The van der Waals surface area contributed by atoms with Gasteiger partial charge in [-0.25, -0.2) is 23.8 Å². The number of halogens is 1. The van der Waals surface area contributed by atoms with Crippen molar-refractivity contribution in [1.82, 2.24) is 29.1 Å². The van der Waals surface area contributed by atoms with Crippen LogP contribution in [0.1, 0.15) is 35.8 Å². The Kier molecular flexibility index (Phi) is 9.04. The van der Waals surface area contributed by atoms with Gasteiger partial charge in [-0.2, -0.15) is 0 Å². The molecule has 0 bridgehead atoms. The smallest absolute Gasteiger partial charge is 0.323 e. The van der Waals surface area contributed by atoms with Crippen molar-refractivity contribution in [2.75, 3.05) is 37.8 Å². The Morgan fingerprint density at radius 1 is 1.09 bits per heavy atom. The van der Waals surface area contributed by atoms with Gasteiger partial charge in [0.2, 0.25) is 5.88 Å². The molecule has 2 N–H and O–H groups in total. The first-order chi connectivity index (χ1) is 21.2. The summed E-state index contributed by atoms with van der Waals surface area (Å²) in [6, 6.07) is 14.4. The molecule has 1 aliphatic heterocycles. The summed E-state index contributed by atoms with van der Waals surface area (Å²) in [5.74, 6) is -1.33. The van der Waals surface area contributed by atoms with E-state index in [2.05, 4.69) is 25.5 Å². The van der Waals surface area contributed by atoms with Gasteiger partial charge in [0, 0.05) is 43.5 Å². The van der Waals surface area contributed by atoms with Crippen molar-refractivity contribution in [3.05, 3.63) is 88.4 Å². The lowest BCUT2D eigenvalue weighted by Crippen LogP contribution is -2.37. The third kappa shape index (κ3) is 6.47. The van der Waals surface area contributed by atoms with Crippen molar-refractivity contribution in [2.24, 2.45) is 0 Å². The van der Waals surface area contributed by atoms with Gasteiger partial charge in [0.05, 0.1) is 11.4 Å². The monoisotopic (exact) mass is 602 g/mol. The summed E-state index contributed by atoms with van der Waals surface area (Å²) < 4.78 is 24.0. The molecule has 1 fully saturated rings. The summed E-state index contributed by atoms with van der Waals surface area (Å²) in [7, 11) is 3.96. The van der Waals surface area contributed by atoms with Gasteiger partial charge in [-0.15, -0.1) is 0 Å². The number of carbonyl (C=O) groups is 2. The molecular formula is C31H35FN8O4. The number of likely N-dealkylation sites (tertiary alicyclic amines) is 1. The van der Waals surface area contributed by atoms with Crippen molar-refractivity contribution in [1.29, 1.82) is 0 Å². The molecule has 230 valence electrons. The average Bonchev–Trinajstić information content (AvgIpc) is 3.59. The van der Waals surface area contributed by atoms with E-state index in [0.717, 1.165) is 18.9 Å². The summed E-state index contributed by atoms with van der Waals surface area (Å²) in [6.45, 7) is 5.47. The minimum absolute atomic E-state index is 0.0212. The number of benzene rings is 2. The number of amides is 3. The van der Waals surface area contributed by atoms with Gasteiger partial charge in [0.15, 0.2) is 11.6 Å². The Bertz CT molecular complexity index is 1720. The highest BCUT2D eigenvalue weighted by Gasteiger charge is 2.28. The van der Waals surface area contributed by atoms with Crippen LogP contribution in [0, 0.1) is 12.7 Å². The van der Waals surface area contributed by atoms with Crippen LogP contribution < -0.4 is 20.9 Å². The predicted octanol–water partition coefficient (Wildman–Crippen LogP) is 4.50. The Morgan fingerprint density at radius 3 is 2.55 bits per heavy atom. The highest BCUT2D eigenvalue weighted by molar-refractivity contribution is 6.05. The van der Waals surface area contributed by atoms with Crippen LogP contribution in [0.4, 0.5) is 20.7 Å². The van der Waals surface area contributed by atoms with Crippen molar-refractivity contribution in [3.63, 3.8) is 0 Å². The van der Waals surface area contributed by atoms with Crippen molar-refractivity contribution in [2.45, 2.75) is 39.3 Å². The summed E-state index contributed by atoms with van der Waals surface area (Å²) in [6.07, 6.45) is 2.84. The second kappa shape index (κ2) is 13.1. The molecule has 0 radical (unpaired) electrons. The molecule has 1 saturated heterocycles. The van der Waals surface area contributed by atoms with E-state index in [4.69, 9.17) is 4.74 Å². The normalized spacial score (nSPS) is 14.6. The van der Waals surface area contributed by atoms with Crippen LogP contribution in [-0.4, -0.2) is 74.3 Å². The second-order valence-electron chi connectivity index (χ2n) is 10.8. The molecule has 0 saturated carbocycles. The number of likely N-dealkylation sites (N-methyl/N-ethyl adjacent to an activating group) is 1. The maximum absolute atomic E-state index is 15.1. The van der Waals surface area contributed by atoms with E-state index in [1.54, 1.807) is 28.6 Å². The molecule has 5 rings (SSSR count). The summed E-state index contributed by atoms with van der Waals surface area (Å²) in [4.78, 5) is 51.2. The lowest BCUT2D eigenvalue weighted by atomic mass is 10.2. The molecule has 3 amide bonds. The van der Waals surface area contributed by atoms with E-state index in [-0.39, 0.29) is 34.7 Å². The van der Waals surface area contributed by atoms with E-state index in [9.17, 15) is 14.4 Å². The molecule has 44 heavy (non-hydrogen) atoms. The van der Waals surface area contributed by atoms with Crippen LogP contribution in [0.5, 0.6) is 11.6 Å². The number of hydrogen-bond acceptors (Lipinski definition) is 7. The van der Waals surface area contributed by atoms with E-state index in [1.165, 1.54) is 29.2 Å². The molecule has 12 nitrogen and oxygen atoms in total. The van der Waals surface area contributed by atoms with Crippen LogP contribution in [0.25, 0.3) is 5.69 Å². The predicted molar refractivity (Wildman–Crippen MR) is 164 cm³/mol. The Hall–Kier alpha value is -5.04. The van der Waals surface area contributed by atoms with E-state index >= 15 is 4.39 Å². The standard InChI is InChI=1S/C31H35FN8O4/c1-5-14-39-20(2)28(30(42)40(39)22-9-7-6-8-10-22)29(41)35-21-11-12-25(24(32)16-21)44-27-17-26(33-19-34-27)36-31(43)38-15-13-23(18-38)37(3)4/h6-12,16-17,19,23H,5,13-15,18H2,1-4H3,(H,35,41)(H,33,34,36,43)/t23-/m1/s1. The molecule has 1 atom stereocenters. The SMILES string of the molecule is CCCn1c(C)c(C(=O)Nc2ccc(Oc3cc(NC(=O)N4CC[C@@H](N(C)C)C4)ncn3)c(F)c2)c(=O)n1-c1ccccc1. The van der Waals surface area contributed by atoms with Crippen LogP contribution in [0.3, 0.4) is 0 Å². The highest BCUT2D eigenvalue weighted by atomic mass is 19.1.